The highest BCUT2D eigenvalue weighted by molar-refractivity contribution is 8.14. The molecule has 230 valence electrons. The van der Waals surface area contributed by atoms with Crippen LogP contribution in [0.25, 0.3) is 0 Å². The molecule has 42 heavy (non-hydrogen) atoms. The van der Waals surface area contributed by atoms with Crippen molar-refractivity contribution >= 4 is 30.6 Å². The van der Waals surface area contributed by atoms with Gasteiger partial charge in [-0.3, -0.25) is 28.5 Å². The number of benzene rings is 1. The smallest absolute Gasteiger partial charge is 0.456 e. The lowest BCUT2D eigenvalue weighted by Gasteiger charge is -2.28. The Balaban J connectivity index is 1.59. The van der Waals surface area contributed by atoms with Gasteiger partial charge in [-0.25, -0.2) is 18.8 Å². The molecule has 15 heteroatoms. The van der Waals surface area contributed by atoms with Gasteiger partial charge in [0.25, 0.3) is 5.56 Å². The third-order valence-corrected chi connectivity index (χ3v) is 9.40. The summed E-state index contributed by atoms with van der Waals surface area (Å²) in [5.74, 6) is -0.130. The van der Waals surface area contributed by atoms with E-state index >= 15 is 4.39 Å². The summed E-state index contributed by atoms with van der Waals surface area (Å²) in [6.07, 6.45) is -1.34. The van der Waals surface area contributed by atoms with E-state index in [9.17, 15) is 23.7 Å². The minimum Gasteiger partial charge on any atom is -0.456 e. The molecule has 1 aliphatic carbocycles. The van der Waals surface area contributed by atoms with Crippen LogP contribution in [0, 0.1) is 0 Å². The molecule has 4 rings (SSSR count). The Morgan fingerprint density at radius 3 is 2.45 bits per heavy atom. The Labute approximate surface area is 246 Å². The SMILES string of the molecule is CC(=O)O[C@@H]1[C@@H](CO[P@@](=O)(N[C@@H](C)C(=O)SC(C)C)Oc2ccc(C3CC3)cc2)O[C@@H](n2ccc(=O)[nH]c2=O)[C@]1(C)F. The number of H-pyrrole nitrogens is 1. The van der Waals surface area contributed by atoms with Crippen molar-refractivity contribution in [3.8, 4) is 5.75 Å². The second-order valence-electron chi connectivity index (χ2n) is 10.8. The average molecular weight is 628 g/mol. The number of carbonyl (C=O) groups is 2. The Morgan fingerprint density at radius 2 is 1.88 bits per heavy atom. The van der Waals surface area contributed by atoms with Crippen LogP contribution in [0.3, 0.4) is 0 Å². The van der Waals surface area contributed by atoms with Crippen LogP contribution in [0.5, 0.6) is 5.75 Å². The van der Waals surface area contributed by atoms with Crippen LogP contribution in [0.15, 0.2) is 46.1 Å². The highest BCUT2D eigenvalue weighted by Crippen LogP contribution is 2.49. The van der Waals surface area contributed by atoms with Crippen LogP contribution in [0.1, 0.15) is 65.2 Å². The second-order valence-corrected chi connectivity index (χ2v) is 14.1. The number of nitrogens with one attached hydrogen (secondary N) is 2. The highest BCUT2D eigenvalue weighted by atomic mass is 32.2. The third-order valence-electron chi connectivity index (χ3n) is 6.70. The average Bonchev–Trinajstić information content (AvgIpc) is 3.70. The number of halogens is 1. The van der Waals surface area contributed by atoms with Gasteiger partial charge < -0.3 is 14.0 Å². The number of alkyl halides is 1. The summed E-state index contributed by atoms with van der Waals surface area (Å²) in [6, 6.07) is 7.06. The summed E-state index contributed by atoms with van der Waals surface area (Å²) in [4.78, 5) is 50.5. The molecular formula is C27H35FN3O9PS. The topological polar surface area (TPSA) is 155 Å². The van der Waals surface area contributed by atoms with Crippen molar-refractivity contribution in [3.63, 3.8) is 0 Å². The van der Waals surface area contributed by atoms with E-state index in [1.807, 2.05) is 31.0 Å². The van der Waals surface area contributed by atoms with Gasteiger partial charge in [-0.2, -0.15) is 0 Å². The number of hydrogen-bond donors (Lipinski definition) is 2. The second kappa shape index (κ2) is 12.8. The van der Waals surface area contributed by atoms with Crippen LogP contribution < -0.4 is 20.9 Å². The molecule has 0 radical (unpaired) electrons. The molecule has 0 amide bonds. The first-order valence-electron chi connectivity index (χ1n) is 13.5. The molecule has 12 nitrogen and oxygen atoms in total. The summed E-state index contributed by atoms with van der Waals surface area (Å²) in [5, 5.41) is 2.32. The zero-order chi connectivity index (χ0) is 30.8. The van der Waals surface area contributed by atoms with Crippen molar-refractivity contribution in [2.75, 3.05) is 6.61 Å². The fourth-order valence-corrected chi connectivity index (χ4v) is 6.89. The van der Waals surface area contributed by atoms with Gasteiger partial charge >= 0.3 is 19.4 Å². The molecule has 2 aliphatic rings. The van der Waals surface area contributed by atoms with Gasteiger partial charge in [-0.15, -0.1) is 0 Å². The number of ether oxygens (including phenoxy) is 2. The van der Waals surface area contributed by atoms with Crippen LogP contribution in [-0.2, 0) is 28.2 Å². The molecule has 1 aromatic heterocycles. The summed E-state index contributed by atoms with van der Waals surface area (Å²) >= 11 is 1.05. The Morgan fingerprint density at radius 1 is 1.21 bits per heavy atom. The first-order valence-corrected chi connectivity index (χ1v) is 16.0. The van der Waals surface area contributed by atoms with E-state index in [0.717, 1.165) is 60.8 Å². The lowest BCUT2D eigenvalue weighted by atomic mass is 9.98. The van der Waals surface area contributed by atoms with Crippen LogP contribution >= 0.6 is 19.5 Å². The van der Waals surface area contributed by atoms with Gasteiger partial charge in [0.2, 0.25) is 5.12 Å². The third kappa shape index (κ3) is 7.78. The van der Waals surface area contributed by atoms with Crippen LogP contribution in [-0.4, -0.2) is 56.4 Å². The fraction of sp³-hybridized carbons (Fsp3) is 0.556. The first-order chi connectivity index (χ1) is 19.7. The lowest BCUT2D eigenvalue weighted by Crippen LogP contribution is -2.46. The first kappa shape index (κ1) is 32.2. The van der Waals surface area contributed by atoms with Crippen LogP contribution in [0.2, 0.25) is 0 Å². The van der Waals surface area contributed by atoms with E-state index in [2.05, 4.69) is 5.09 Å². The molecule has 0 bridgehead atoms. The molecule has 6 atom stereocenters. The Kier molecular flexibility index (Phi) is 9.83. The van der Waals surface area contributed by atoms with Crippen molar-refractivity contribution < 1.29 is 37.1 Å². The van der Waals surface area contributed by atoms with Gasteiger partial charge in [-0.1, -0.05) is 37.7 Å². The van der Waals surface area contributed by atoms with Crippen LogP contribution in [0.4, 0.5) is 4.39 Å². The maximum atomic E-state index is 16.2. The summed E-state index contributed by atoms with van der Waals surface area (Å²) in [6.45, 7) is 6.73. The Hall–Kier alpha value is -2.77. The molecule has 2 N–H and O–H groups in total. The van der Waals surface area contributed by atoms with E-state index < -0.39 is 61.7 Å². The Bertz CT molecular complexity index is 1460. The van der Waals surface area contributed by atoms with E-state index in [-0.39, 0.29) is 16.1 Å². The molecular weight excluding hydrogens is 592 g/mol. The van der Waals surface area contributed by atoms with E-state index in [1.54, 1.807) is 12.1 Å². The number of carbonyl (C=O) groups excluding carboxylic acids is 2. The van der Waals surface area contributed by atoms with Crippen molar-refractivity contribution in [2.45, 2.75) is 88.8 Å². The molecule has 0 unspecified atom stereocenters. The number of hydrogen-bond acceptors (Lipinski definition) is 10. The number of thioether (sulfide) groups is 1. The minimum absolute atomic E-state index is 0.0233. The van der Waals surface area contributed by atoms with Gasteiger partial charge in [0.1, 0.15) is 11.9 Å². The molecule has 2 aromatic rings. The van der Waals surface area contributed by atoms with Crippen molar-refractivity contribution in [3.05, 3.63) is 62.9 Å². The van der Waals surface area contributed by atoms with E-state index in [4.69, 9.17) is 18.5 Å². The summed E-state index contributed by atoms with van der Waals surface area (Å²) in [5.41, 5.74) is -2.99. The number of nitrogens with zero attached hydrogens (tertiary/aromatic N) is 1. The van der Waals surface area contributed by atoms with Crippen molar-refractivity contribution in [1.82, 2.24) is 14.6 Å². The number of esters is 1. The monoisotopic (exact) mass is 627 g/mol. The predicted molar refractivity (Wildman–Crippen MR) is 153 cm³/mol. The molecule has 1 saturated heterocycles. The zero-order valence-corrected chi connectivity index (χ0v) is 25.6. The van der Waals surface area contributed by atoms with Gasteiger partial charge in [-0.05, 0) is 50.3 Å². The zero-order valence-electron chi connectivity index (χ0n) is 23.9. The predicted octanol–water partition coefficient (Wildman–Crippen LogP) is 3.82. The minimum atomic E-state index is -4.32. The van der Waals surface area contributed by atoms with Crippen molar-refractivity contribution in [1.29, 1.82) is 0 Å². The maximum absolute atomic E-state index is 16.2. The molecule has 1 aliphatic heterocycles. The number of rotatable bonds is 12. The van der Waals surface area contributed by atoms with E-state index in [1.165, 1.54) is 6.92 Å². The largest absolute Gasteiger partial charge is 0.459 e. The highest BCUT2D eigenvalue weighted by Gasteiger charge is 2.58. The standard InChI is InChI=1S/C27H35FN3O9PS/c1-15(2)42-24(34)16(3)30-41(36,40-20-10-8-19(9-11-20)18-6-7-18)37-14-21-23(38-17(4)32)27(5,28)25(39-21)31-13-12-22(33)29-26(31)35/h8-13,15-16,18,21,23,25H,6-7,14H2,1-5H3,(H,30,36)(H,29,33,35)/t16-,21+,23+,25+,27+,41-/m0/s1. The van der Waals surface area contributed by atoms with Gasteiger partial charge in [0.15, 0.2) is 18.0 Å². The molecule has 0 spiro atoms. The number of aromatic amines is 1. The van der Waals surface area contributed by atoms with Gasteiger partial charge in [0, 0.05) is 24.4 Å². The quantitative estimate of drug-likeness (QED) is 0.261. The van der Waals surface area contributed by atoms with Crippen molar-refractivity contribution in [2.24, 2.45) is 0 Å². The molecule has 1 saturated carbocycles. The normalized spacial score (nSPS) is 26.0. The number of aromatic nitrogens is 2. The summed E-state index contributed by atoms with van der Waals surface area (Å²) < 4.78 is 53.5. The molecule has 2 fully saturated rings. The summed E-state index contributed by atoms with van der Waals surface area (Å²) in [7, 11) is -4.32. The maximum Gasteiger partial charge on any atom is 0.459 e. The fourth-order valence-electron chi connectivity index (χ4n) is 4.56. The molecule has 2 heterocycles. The van der Waals surface area contributed by atoms with Gasteiger partial charge in [0.05, 0.1) is 12.6 Å². The van der Waals surface area contributed by atoms with E-state index in [0.29, 0.717) is 5.92 Å². The lowest BCUT2D eigenvalue weighted by molar-refractivity contribution is -0.155. The molecule has 1 aromatic carbocycles.